The van der Waals surface area contributed by atoms with E-state index in [2.05, 4.69) is 16.9 Å². The maximum atomic E-state index is 13.5. The van der Waals surface area contributed by atoms with Gasteiger partial charge in [-0.3, -0.25) is 4.79 Å². The molecule has 2 aliphatic rings. The molecule has 9 heteroatoms. The molecule has 0 bridgehead atoms. The van der Waals surface area contributed by atoms with E-state index in [1.165, 1.54) is 4.68 Å². The SMILES string of the molecule is CC1(COc2c(N3CCN(S(=O)CCc4ccc(Cl)cc4)CC3)cnn(-c3ccccc3)c2=O)CC1. The van der Waals surface area contributed by atoms with Crippen LogP contribution in [0.15, 0.2) is 65.6 Å². The molecule has 1 atom stereocenters. The summed E-state index contributed by atoms with van der Waals surface area (Å²) in [5.41, 5.74) is 2.43. The van der Waals surface area contributed by atoms with Gasteiger partial charge in [-0.05, 0) is 49.1 Å². The Labute approximate surface area is 219 Å². The lowest BCUT2D eigenvalue weighted by atomic mass is 10.2. The van der Waals surface area contributed by atoms with Gasteiger partial charge in [0.05, 0.1) is 29.5 Å². The van der Waals surface area contributed by atoms with E-state index in [1.807, 2.05) is 58.9 Å². The standard InChI is InChI=1S/C27H31ClN4O3S/c1-27(12-13-27)20-35-25-24(19-29-32(26(25)33)23-5-3-2-4-6-23)30-14-16-31(17-15-30)36(34)18-11-21-7-9-22(28)10-8-21/h2-10,19H,11-18,20H2,1H3. The topological polar surface area (TPSA) is 67.7 Å². The van der Waals surface area contributed by atoms with Gasteiger partial charge in [-0.25, -0.2) is 8.51 Å². The Balaban J connectivity index is 1.28. The van der Waals surface area contributed by atoms with Crippen LogP contribution in [0.1, 0.15) is 25.3 Å². The Morgan fingerprint density at radius 3 is 2.39 bits per heavy atom. The minimum Gasteiger partial charge on any atom is -0.486 e. The van der Waals surface area contributed by atoms with E-state index in [9.17, 15) is 9.00 Å². The van der Waals surface area contributed by atoms with Crippen molar-refractivity contribution in [2.24, 2.45) is 5.41 Å². The Morgan fingerprint density at radius 1 is 1.03 bits per heavy atom. The first-order valence-electron chi connectivity index (χ1n) is 12.4. The highest BCUT2D eigenvalue weighted by atomic mass is 35.5. The normalized spacial score (nSPS) is 18.1. The summed E-state index contributed by atoms with van der Waals surface area (Å²) >= 11 is 5.96. The average molecular weight is 527 g/mol. The minimum atomic E-state index is -1.07. The van der Waals surface area contributed by atoms with Gasteiger partial charge in [0.2, 0.25) is 5.75 Å². The molecule has 1 aromatic heterocycles. The number of ether oxygens (including phenoxy) is 1. The van der Waals surface area contributed by atoms with Crippen LogP contribution < -0.4 is 15.2 Å². The molecule has 5 rings (SSSR count). The fourth-order valence-electron chi connectivity index (χ4n) is 4.27. The van der Waals surface area contributed by atoms with Crippen molar-refractivity contribution in [1.29, 1.82) is 0 Å². The minimum absolute atomic E-state index is 0.143. The van der Waals surface area contributed by atoms with Crippen LogP contribution in [0.4, 0.5) is 5.69 Å². The molecule has 2 fully saturated rings. The molecule has 1 aliphatic carbocycles. The first-order valence-corrected chi connectivity index (χ1v) is 14.0. The summed E-state index contributed by atoms with van der Waals surface area (Å²) in [6.45, 7) is 5.29. The number of aromatic nitrogens is 2. The lowest BCUT2D eigenvalue weighted by molar-refractivity contribution is 0.242. The van der Waals surface area contributed by atoms with Gasteiger partial charge in [-0.15, -0.1) is 0 Å². The van der Waals surface area contributed by atoms with Crippen molar-refractivity contribution in [3.8, 4) is 11.4 Å². The largest absolute Gasteiger partial charge is 0.486 e. The highest BCUT2D eigenvalue weighted by Crippen LogP contribution is 2.45. The van der Waals surface area contributed by atoms with E-state index in [1.54, 1.807) is 6.20 Å². The second-order valence-corrected chi connectivity index (χ2v) is 11.8. The quantitative estimate of drug-likeness (QED) is 0.420. The predicted octanol–water partition coefficient (Wildman–Crippen LogP) is 4.09. The molecule has 1 aliphatic heterocycles. The molecular weight excluding hydrogens is 496 g/mol. The maximum absolute atomic E-state index is 13.5. The summed E-state index contributed by atoms with van der Waals surface area (Å²) in [4.78, 5) is 15.6. The molecule has 7 nitrogen and oxygen atoms in total. The third-order valence-corrected chi connectivity index (χ3v) is 8.68. The van der Waals surface area contributed by atoms with Crippen LogP contribution in [0.25, 0.3) is 5.69 Å². The van der Waals surface area contributed by atoms with E-state index in [0.717, 1.165) is 24.8 Å². The predicted molar refractivity (Wildman–Crippen MR) is 145 cm³/mol. The summed E-state index contributed by atoms with van der Waals surface area (Å²) < 4.78 is 22.5. The number of aryl methyl sites for hydroxylation is 1. The van der Waals surface area contributed by atoms with Crippen LogP contribution in [0.3, 0.4) is 0 Å². The summed E-state index contributed by atoms with van der Waals surface area (Å²) in [7, 11) is -1.07. The van der Waals surface area contributed by atoms with Crippen LogP contribution in [0, 0.1) is 5.41 Å². The summed E-state index contributed by atoms with van der Waals surface area (Å²) in [5, 5.41) is 5.17. The number of nitrogens with zero attached hydrogens (tertiary/aromatic N) is 4. The van der Waals surface area contributed by atoms with Crippen LogP contribution >= 0.6 is 11.6 Å². The summed E-state index contributed by atoms with van der Waals surface area (Å²) in [6.07, 6.45) is 4.69. The Hall–Kier alpha value is -2.68. The molecule has 2 heterocycles. The van der Waals surface area contributed by atoms with Crippen molar-refractivity contribution in [3.05, 3.63) is 81.7 Å². The number of para-hydroxylation sites is 1. The molecule has 1 saturated heterocycles. The van der Waals surface area contributed by atoms with E-state index in [0.29, 0.717) is 60.7 Å². The van der Waals surface area contributed by atoms with Crippen LogP contribution in [0.2, 0.25) is 5.02 Å². The van der Waals surface area contributed by atoms with Crippen molar-refractivity contribution < 1.29 is 8.95 Å². The number of halogens is 1. The number of benzene rings is 2. The van der Waals surface area contributed by atoms with E-state index < -0.39 is 11.0 Å². The molecule has 190 valence electrons. The first kappa shape index (κ1) is 25.0. The zero-order valence-corrected chi connectivity index (χ0v) is 22.0. The fraction of sp³-hybridized carbons (Fsp3) is 0.407. The lowest BCUT2D eigenvalue weighted by Gasteiger charge is -2.35. The van der Waals surface area contributed by atoms with Crippen molar-refractivity contribution >= 4 is 28.3 Å². The smallest absolute Gasteiger partial charge is 0.316 e. The zero-order chi connectivity index (χ0) is 25.1. The number of hydrogen-bond donors (Lipinski definition) is 0. The monoisotopic (exact) mass is 526 g/mol. The number of hydrogen-bond acceptors (Lipinski definition) is 5. The van der Waals surface area contributed by atoms with Crippen molar-refractivity contribution in [3.63, 3.8) is 0 Å². The first-order chi connectivity index (χ1) is 17.4. The maximum Gasteiger partial charge on any atom is 0.316 e. The number of rotatable bonds is 9. The van der Waals surface area contributed by atoms with E-state index in [-0.39, 0.29) is 11.0 Å². The molecule has 0 spiro atoms. The highest BCUT2D eigenvalue weighted by molar-refractivity contribution is 7.82. The van der Waals surface area contributed by atoms with Crippen molar-refractivity contribution in [1.82, 2.24) is 14.1 Å². The molecule has 0 radical (unpaired) electrons. The van der Waals surface area contributed by atoms with Gasteiger partial charge in [-0.2, -0.15) is 9.78 Å². The number of piperazine rings is 1. The Morgan fingerprint density at radius 2 is 1.72 bits per heavy atom. The van der Waals surface area contributed by atoms with Gasteiger partial charge in [0.25, 0.3) is 0 Å². The van der Waals surface area contributed by atoms with Gasteiger partial charge in [0.1, 0.15) is 5.69 Å². The number of anilines is 1. The Bertz CT molecular complexity index is 1270. The molecule has 3 aromatic rings. The molecule has 2 aromatic carbocycles. The lowest BCUT2D eigenvalue weighted by Crippen LogP contribution is -2.48. The Kier molecular flexibility index (Phi) is 7.46. The van der Waals surface area contributed by atoms with Crippen LogP contribution in [-0.2, 0) is 17.4 Å². The van der Waals surface area contributed by atoms with Crippen LogP contribution in [-0.4, -0.2) is 56.8 Å². The summed E-state index contributed by atoms with van der Waals surface area (Å²) in [6, 6.07) is 17.1. The molecular formula is C27H31ClN4O3S. The van der Waals surface area contributed by atoms with Gasteiger partial charge in [0.15, 0.2) is 0 Å². The van der Waals surface area contributed by atoms with Gasteiger partial charge >= 0.3 is 5.56 Å². The van der Waals surface area contributed by atoms with Crippen molar-refractivity contribution in [2.45, 2.75) is 26.2 Å². The molecule has 0 N–H and O–H groups in total. The van der Waals surface area contributed by atoms with Gasteiger partial charge < -0.3 is 9.64 Å². The second kappa shape index (κ2) is 10.7. The van der Waals surface area contributed by atoms with Gasteiger partial charge in [-0.1, -0.05) is 48.9 Å². The highest BCUT2D eigenvalue weighted by Gasteiger charge is 2.39. The molecule has 1 saturated carbocycles. The second-order valence-electron chi connectivity index (χ2n) is 9.83. The zero-order valence-electron chi connectivity index (χ0n) is 20.4. The van der Waals surface area contributed by atoms with Gasteiger partial charge in [0, 0.05) is 42.4 Å². The average Bonchev–Trinajstić information content (AvgIpc) is 3.65. The molecule has 36 heavy (non-hydrogen) atoms. The van der Waals surface area contributed by atoms with Crippen LogP contribution in [0.5, 0.6) is 5.75 Å². The molecule has 1 unspecified atom stereocenters. The van der Waals surface area contributed by atoms with Crippen molar-refractivity contribution in [2.75, 3.05) is 43.4 Å². The molecule has 0 amide bonds. The fourth-order valence-corrected chi connectivity index (χ4v) is 5.63. The van der Waals surface area contributed by atoms with E-state index in [4.69, 9.17) is 16.3 Å². The summed E-state index contributed by atoms with van der Waals surface area (Å²) in [5.74, 6) is 0.919. The van der Waals surface area contributed by atoms with E-state index >= 15 is 0 Å². The third-order valence-electron chi connectivity index (χ3n) is 6.93. The third kappa shape index (κ3) is 5.82.